The van der Waals surface area contributed by atoms with Gasteiger partial charge in [-0.2, -0.15) is 9.78 Å². The Bertz CT molecular complexity index is 1430. The van der Waals surface area contributed by atoms with Gasteiger partial charge in [0.1, 0.15) is 17.3 Å². The third kappa shape index (κ3) is 4.33. The number of hydrogen-bond donors (Lipinski definition) is 1. The van der Waals surface area contributed by atoms with Gasteiger partial charge in [0.05, 0.1) is 6.04 Å². The number of rotatable bonds is 5. The average molecular weight is 448 g/mol. The van der Waals surface area contributed by atoms with Crippen molar-refractivity contribution in [2.75, 3.05) is 5.32 Å². The maximum atomic E-state index is 14.5. The molecule has 1 atom stereocenters. The number of amides is 1. The van der Waals surface area contributed by atoms with Crippen LogP contribution < -0.4 is 16.6 Å². The molecule has 0 saturated heterocycles. The quantitative estimate of drug-likeness (QED) is 0.506. The lowest BCUT2D eigenvalue weighted by Gasteiger charge is -2.18. The number of para-hydroxylation sites is 1. The van der Waals surface area contributed by atoms with Crippen molar-refractivity contribution in [1.29, 1.82) is 0 Å². The van der Waals surface area contributed by atoms with Crippen molar-refractivity contribution in [3.63, 3.8) is 0 Å². The van der Waals surface area contributed by atoms with Crippen molar-refractivity contribution in [1.82, 2.24) is 14.3 Å². The molecule has 0 aliphatic rings. The van der Waals surface area contributed by atoms with Gasteiger partial charge in [0, 0.05) is 5.69 Å². The molecule has 7 nitrogen and oxygen atoms in total. The van der Waals surface area contributed by atoms with Gasteiger partial charge < -0.3 is 5.32 Å². The lowest BCUT2D eigenvalue weighted by atomic mass is 10.1. The Morgan fingerprint density at radius 3 is 2.21 bits per heavy atom. The topological polar surface area (TPSA) is 86.0 Å². The number of benzene rings is 3. The lowest BCUT2D eigenvalue weighted by molar-refractivity contribution is 0.101. The van der Waals surface area contributed by atoms with Crippen LogP contribution in [0.4, 0.5) is 14.5 Å². The van der Waals surface area contributed by atoms with Crippen molar-refractivity contribution in [2.45, 2.75) is 13.0 Å². The van der Waals surface area contributed by atoms with Gasteiger partial charge in [0.15, 0.2) is 0 Å². The smallest absolute Gasteiger partial charge is 0.320 e. The number of aromatic nitrogens is 3. The Labute approximate surface area is 186 Å². The monoisotopic (exact) mass is 448 g/mol. The minimum Gasteiger partial charge on any atom is -0.320 e. The Balaban J connectivity index is 1.91. The number of hydrogen-bond acceptors (Lipinski definition) is 4. The average Bonchev–Trinajstić information content (AvgIpc) is 2.82. The van der Waals surface area contributed by atoms with E-state index in [0.29, 0.717) is 10.2 Å². The highest BCUT2D eigenvalue weighted by atomic mass is 19.1. The van der Waals surface area contributed by atoms with Gasteiger partial charge in [0.25, 0.3) is 11.5 Å². The number of nitrogens with zero attached hydrogens (tertiary/aromatic N) is 3. The third-order valence-corrected chi connectivity index (χ3v) is 5.08. The second-order valence-electron chi connectivity index (χ2n) is 7.22. The third-order valence-electron chi connectivity index (χ3n) is 5.08. The Kier molecular flexibility index (Phi) is 5.95. The van der Waals surface area contributed by atoms with Gasteiger partial charge in [-0.15, -0.1) is 0 Å². The van der Waals surface area contributed by atoms with E-state index in [0.717, 1.165) is 22.8 Å². The van der Waals surface area contributed by atoms with Gasteiger partial charge >= 0.3 is 5.69 Å². The zero-order chi connectivity index (χ0) is 23.5. The van der Waals surface area contributed by atoms with E-state index in [9.17, 15) is 23.2 Å². The Morgan fingerprint density at radius 2 is 1.55 bits per heavy atom. The highest BCUT2D eigenvalue weighted by molar-refractivity contribution is 6.02. The summed E-state index contributed by atoms with van der Waals surface area (Å²) in [5, 5.41) is 6.35. The summed E-state index contributed by atoms with van der Waals surface area (Å²) in [6.07, 6.45) is 0. The molecule has 33 heavy (non-hydrogen) atoms. The minimum absolute atomic E-state index is 0.215. The minimum atomic E-state index is -0.941. The molecule has 3 aromatic carbocycles. The van der Waals surface area contributed by atoms with Crippen molar-refractivity contribution >= 4 is 11.6 Å². The fraction of sp³-hybridized carbons (Fsp3) is 0.0833. The number of carbonyl (C=O) groups is 1. The van der Waals surface area contributed by atoms with Gasteiger partial charge in [-0.1, -0.05) is 42.5 Å². The molecule has 4 aromatic rings. The van der Waals surface area contributed by atoms with E-state index in [1.807, 2.05) is 0 Å². The zero-order valence-corrected chi connectivity index (χ0v) is 17.4. The van der Waals surface area contributed by atoms with Crippen LogP contribution in [0.2, 0.25) is 0 Å². The van der Waals surface area contributed by atoms with Gasteiger partial charge in [-0.25, -0.2) is 18.1 Å². The van der Waals surface area contributed by atoms with Gasteiger partial charge in [-0.3, -0.25) is 9.59 Å². The highest BCUT2D eigenvalue weighted by Gasteiger charge is 2.24. The number of nitrogens with one attached hydrogen (secondary N) is 1. The van der Waals surface area contributed by atoms with Crippen LogP contribution in [0, 0.1) is 11.6 Å². The van der Waals surface area contributed by atoms with E-state index in [4.69, 9.17) is 0 Å². The summed E-state index contributed by atoms with van der Waals surface area (Å²) in [6.45, 7) is 1.62. The van der Waals surface area contributed by atoms with Crippen LogP contribution in [-0.4, -0.2) is 20.3 Å². The maximum Gasteiger partial charge on any atom is 0.352 e. The zero-order valence-electron chi connectivity index (χ0n) is 17.4. The first-order valence-electron chi connectivity index (χ1n) is 9.99. The van der Waals surface area contributed by atoms with Gasteiger partial charge in [0.2, 0.25) is 5.69 Å². The first-order valence-corrected chi connectivity index (χ1v) is 9.99. The number of carbonyl (C=O) groups excluding carboxylic acids is 1. The first kappa shape index (κ1) is 21.8. The molecule has 0 radical (unpaired) electrons. The maximum absolute atomic E-state index is 14.5. The molecule has 0 fully saturated rings. The molecule has 0 saturated carbocycles. The molecule has 1 aromatic heterocycles. The van der Waals surface area contributed by atoms with E-state index >= 15 is 0 Å². The molecule has 0 unspecified atom stereocenters. The molecule has 1 amide bonds. The van der Waals surface area contributed by atoms with Crippen molar-refractivity contribution in [3.8, 4) is 5.69 Å². The van der Waals surface area contributed by atoms with Crippen LogP contribution in [0.25, 0.3) is 5.69 Å². The van der Waals surface area contributed by atoms with E-state index in [1.165, 1.54) is 30.3 Å². The fourth-order valence-corrected chi connectivity index (χ4v) is 3.36. The summed E-state index contributed by atoms with van der Waals surface area (Å²) in [5.74, 6) is -2.18. The number of halogens is 2. The molecule has 0 spiro atoms. The highest BCUT2D eigenvalue weighted by Crippen LogP contribution is 2.16. The molecule has 166 valence electrons. The van der Waals surface area contributed by atoms with Crippen LogP contribution in [0.3, 0.4) is 0 Å². The van der Waals surface area contributed by atoms with Crippen LogP contribution in [0.5, 0.6) is 0 Å². The summed E-state index contributed by atoms with van der Waals surface area (Å²) >= 11 is 0. The summed E-state index contributed by atoms with van der Waals surface area (Å²) in [4.78, 5) is 39.4. The molecule has 0 bridgehead atoms. The standard InChI is InChI=1S/C24H18F2N4O3/c1-15(16-7-3-2-4-8-16)29-23(32)21(22(31)27-18-13-11-17(25)12-14-18)28-30(24(29)33)20-10-6-5-9-19(20)26/h2-15H,1H3,(H,27,31)/t15-/m0/s1. The van der Waals surface area contributed by atoms with Crippen molar-refractivity contribution in [2.24, 2.45) is 0 Å². The van der Waals surface area contributed by atoms with Crippen LogP contribution in [-0.2, 0) is 0 Å². The Hall–Kier alpha value is -4.40. The van der Waals surface area contributed by atoms with Crippen molar-refractivity contribution in [3.05, 3.63) is 123 Å². The van der Waals surface area contributed by atoms with Crippen LogP contribution in [0.15, 0.2) is 88.5 Å². The van der Waals surface area contributed by atoms with Crippen LogP contribution in [0.1, 0.15) is 29.0 Å². The molecular weight excluding hydrogens is 430 g/mol. The summed E-state index contributed by atoms with van der Waals surface area (Å²) in [6, 6.07) is 18.2. The lowest BCUT2D eigenvalue weighted by Crippen LogP contribution is -2.46. The van der Waals surface area contributed by atoms with E-state index in [2.05, 4.69) is 10.4 Å². The molecule has 9 heteroatoms. The second kappa shape index (κ2) is 8.99. The predicted molar refractivity (Wildman–Crippen MR) is 119 cm³/mol. The second-order valence-corrected chi connectivity index (χ2v) is 7.22. The van der Waals surface area contributed by atoms with Gasteiger partial charge in [-0.05, 0) is 48.9 Å². The van der Waals surface area contributed by atoms with E-state index in [-0.39, 0.29) is 11.4 Å². The summed E-state index contributed by atoms with van der Waals surface area (Å²) in [5.41, 5.74) is -1.83. The van der Waals surface area contributed by atoms with E-state index in [1.54, 1.807) is 37.3 Å². The first-order chi connectivity index (χ1) is 15.9. The van der Waals surface area contributed by atoms with Crippen molar-refractivity contribution < 1.29 is 13.6 Å². The molecular formula is C24H18F2N4O3. The Morgan fingerprint density at radius 1 is 0.909 bits per heavy atom. The molecule has 0 aliphatic carbocycles. The predicted octanol–water partition coefficient (Wildman–Crippen LogP) is 3.53. The molecule has 1 heterocycles. The molecule has 0 aliphatic heterocycles. The largest absolute Gasteiger partial charge is 0.352 e. The number of anilines is 1. The van der Waals surface area contributed by atoms with Crippen LogP contribution >= 0.6 is 0 Å². The summed E-state index contributed by atoms with van der Waals surface area (Å²) in [7, 11) is 0. The summed E-state index contributed by atoms with van der Waals surface area (Å²) < 4.78 is 29.2. The normalized spacial score (nSPS) is 11.7. The fourth-order valence-electron chi connectivity index (χ4n) is 3.36. The molecule has 1 N–H and O–H groups in total. The molecule has 4 rings (SSSR count). The SMILES string of the molecule is C[C@@H](c1ccccc1)n1c(=O)c(C(=O)Nc2ccc(F)cc2)nn(-c2ccccc2F)c1=O. The van der Waals surface area contributed by atoms with E-state index < -0.39 is 40.5 Å².